The van der Waals surface area contributed by atoms with E-state index >= 15 is 0 Å². The lowest BCUT2D eigenvalue weighted by atomic mass is 10.1. The minimum absolute atomic E-state index is 0.134. The van der Waals surface area contributed by atoms with Gasteiger partial charge in [0.05, 0.1) is 16.2 Å². The predicted molar refractivity (Wildman–Crippen MR) is 96.8 cm³/mol. The number of aromatic nitrogens is 3. The Hall–Kier alpha value is -2.43. The molecule has 2 aromatic carbocycles. The van der Waals surface area contributed by atoms with Crippen molar-refractivity contribution >= 4 is 51.0 Å². The van der Waals surface area contributed by atoms with Crippen LogP contribution >= 0.6 is 23.2 Å². The summed E-state index contributed by atoms with van der Waals surface area (Å²) in [7, 11) is 0. The Morgan fingerprint density at radius 1 is 1.04 bits per heavy atom. The Morgan fingerprint density at radius 2 is 1.79 bits per heavy atom. The summed E-state index contributed by atoms with van der Waals surface area (Å²) in [5.41, 5.74) is 2.82. The molecule has 6 heteroatoms. The van der Waals surface area contributed by atoms with Crippen molar-refractivity contribution < 1.29 is 4.79 Å². The van der Waals surface area contributed by atoms with Crippen LogP contribution in [0, 0.1) is 0 Å². The van der Waals surface area contributed by atoms with Crippen molar-refractivity contribution in [2.24, 2.45) is 0 Å². The van der Waals surface area contributed by atoms with Gasteiger partial charge >= 0.3 is 0 Å². The molecule has 0 N–H and O–H groups in total. The third kappa shape index (κ3) is 2.27. The van der Waals surface area contributed by atoms with E-state index in [1.54, 1.807) is 18.2 Å². The van der Waals surface area contributed by atoms with Gasteiger partial charge in [0.15, 0.2) is 5.65 Å². The van der Waals surface area contributed by atoms with Crippen molar-refractivity contribution in [3.05, 3.63) is 58.6 Å². The fourth-order valence-electron chi connectivity index (χ4n) is 2.89. The lowest BCUT2D eigenvalue weighted by Crippen LogP contribution is -2.06. The number of nitrogens with zero attached hydrogens (tertiary/aromatic N) is 3. The molecule has 0 atom stereocenters. The van der Waals surface area contributed by atoms with Crippen LogP contribution in [0.25, 0.3) is 33.2 Å². The average molecular weight is 356 g/mol. The van der Waals surface area contributed by atoms with E-state index in [0.717, 1.165) is 21.9 Å². The Bertz CT molecular complexity index is 1100. The molecule has 4 rings (SSSR count). The van der Waals surface area contributed by atoms with Gasteiger partial charge in [-0.3, -0.25) is 9.36 Å². The molecule has 0 fully saturated rings. The van der Waals surface area contributed by atoms with Crippen LogP contribution in [0.1, 0.15) is 11.7 Å². The van der Waals surface area contributed by atoms with E-state index in [0.29, 0.717) is 21.4 Å². The van der Waals surface area contributed by atoms with Gasteiger partial charge in [0, 0.05) is 28.3 Å². The molecule has 2 heterocycles. The maximum absolute atomic E-state index is 12.1. The highest BCUT2D eigenvalue weighted by Crippen LogP contribution is 2.34. The standard InChI is InChI=1S/C18H11Cl2N3O/c1-10(24)23-16-4-2-3-14(20)17(16)13-9-15(21-22-18(13)23)11-5-7-12(19)8-6-11/h2-9H,1H3. The topological polar surface area (TPSA) is 47.8 Å². The summed E-state index contributed by atoms with van der Waals surface area (Å²) in [4.78, 5) is 12.1. The zero-order valence-electron chi connectivity index (χ0n) is 12.6. The minimum atomic E-state index is -0.134. The van der Waals surface area contributed by atoms with Crippen LogP contribution in [0.2, 0.25) is 10.0 Å². The van der Waals surface area contributed by atoms with Crippen LogP contribution in [-0.2, 0) is 0 Å². The second-order valence-electron chi connectivity index (χ2n) is 5.46. The van der Waals surface area contributed by atoms with Gasteiger partial charge in [-0.15, -0.1) is 10.2 Å². The molecular formula is C18H11Cl2N3O. The van der Waals surface area contributed by atoms with Crippen LogP contribution in [0.4, 0.5) is 0 Å². The van der Waals surface area contributed by atoms with Gasteiger partial charge in [-0.2, -0.15) is 0 Å². The smallest absolute Gasteiger partial charge is 0.229 e. The van der Waals surface area contributed by atoms with Crippen LogP contribution in [0.15, 0.2) is 48.5 Å². The lowest BCUT2D eigenvalue weighted by molar-refractivity contribution is 0.0945. The third-order valence-electron chi connectivity index (χ3n) is 3.94. The van der Waals surface area contributed by atoms with E-state index in [9.17, 15) is 4.79 Å². The molecule has 118 valence electrons. The van der Waals surface area contributed by atoms with E-state index < -0.39 is 0 Å². The Balaban J connectivity index is 2.08. The van der Waals surface area contributed by atoms with E-state index in [1.165, 1.54) is 11.5 Å². The van der Waals surface area contributed by atoms with Crippen molar-refractivity contribution in [1.82, 2.24) is 14.8 Å². The van der Waals surface area contributed by atoms with Crippen LogP contribution in [0.3, 0.4) is 0 Å². The number of carbonyl (C=O) groups excluding carboxylic acids is 1. The molecule has 2 aromatic heterocycles. The number of halogens is 2. The largest absolute Gasteiger partial charge is 0.274 e. The highest BCUT2D eigenvalue weighted by Gasteiger charge is 2.18. The van der Waals surface area contributed by atoms with Crippen molar-refractivity contribution in [2.75, 3.05) is 0 Å². The maximum atomic E-state index is 12.1. The molecule has 4 nitrogen and oxygen atoms in total. The van der Waals surface area contributed by atoms with Crippen LogP contribution < -0.4 is 0 Å². The molecule has 0 radical (unpaired) electrons. The van der Waals surface area contributed by atoms with E-state index in [1.807, 2.05) is 30.3 Å². The monoisotopic (exact) mass is 355 g/mol. The normalized spacial score (nSPS) is 11.3. The summed E-state index contributed by atoms with van der Waals surface area (Å²) >= 11 is 12.3. The van der Waals surface area contributed by atoms with Crippen molar-refractivity contribution in [1.29, 1.82) is 0 Å². The van der Waals surface area contributed by atoms with Crippen molar-refractivity contribution in [2.45, 2.75) is 6.92 Å². The quantitative estimate of drug-likeness (QED) is 0.470. The number of rotatable bonds is 1. The summed E-state index contributed by atoms with van der Waals surface area (Å²) < 4.78 is 1.54. The molecule has 0 saturated carbocycles. The first kappa shape index (κ1) is 15.1. The Kier molecular flexibility index (Phi) is 3.52. The van der Waals surface area contributed by atoms with Gasteiger partial charge in [0.1, 0.15) is 0 Å². The highest BCUT2D eigenvalue weighted by molar-refractivity contribution is 6.38. The molecule has 0 saturated heterocycles. The molecule has 0 bridgehead atoms. The molecule has 0 amide bonds. The fourth-order valence-corrected chi connectivity index (χ4v) is 3.29. The summed E-state index contributed by atoms with van der Waals surface area (Å²) in [6.07, 6.45) is 0. The molecule has 0 unspecified atom stereocenters. The number of hydrogen-bond donors (Lipinski definition) is 0. The highest BCUT2D eigenvalue weighted by atomic mass is 35.5. The number of carbonyl (C=O) groups is 1. The fraction of sp³-hybridized carbons (Fsp3) is 0.0556. The summed E-state index contributed by atoms with van der Waals surface area (Å²) in [6, 6.07) is 14.7. The Morgan fingerprint density at radius 3 is 2.50 bits per heavy atom. The van der Waals surface area contributed by atoms with Crippen LogP contribution in [0.5, 0.6) is 0 Å². The second-order valence-corrected chi connectivity index (χ2v) is 6.31. The molecular weight excluding hydrogens is 345 g/mol. The number of hydrogen-bond acceptors (Lipinski definition) is 3. The SMILES string of the molecule is CC(=O)n1c2cccc(Cl)c2c2cc(-c3ccc(Cl)cc3)nnc21. The van der Waals surface area contributed by atoms with E-state index in [4.69, 9.17) is 23.2 Å². The summed E-state index contributed by atoms with van der Waals surface area (Å²) in [5, 5.41) is 11.4. The average Bonchev–Trinajstić information content (AvgIpc) is 2.90. The minimum Gasteiger partial charge on any atom is -0.274 e. The second kappa shape index (κ2) is 5.58. The molecule has 4 aromatic rings. The van der Waals surface area contributed by atoms with Gasteiger partial charge in [-0.25, -0.2) is 0 Å². The lowest BCUT2D eigenvalue weighted by Gasteiger charge is -2.02. The van der Waals surface area contributed by atoms with Gasteiger partial charge in [-0.05, 0) is 30.3 Å². The zero-order chi connectivity index (χ0) is 16.8. The Labute approximate surface area is 147 Å². The van der Waals surface area contributed by atoms with Crippen molar-refractivity contribution in [3.8, 4) is 11.3 Å². The van der Waals surface area contributed by atoms with Gasteiger partial charge in [0.2, 0.25) is 5.91 Å². The molecule has 24 heavy (non-hydrogen) atoms. The van der Waals surface area contributed by atoms with Gasteiger partial charge < -0.3 is 0 Å². The first-order valence-electron chi connectivity index (χ1n) is 7.29. The van der Waals surface area contributed by atoms with E-state index in [2.05, 4.69) is 10.2 Å². The molecule has 0 aliphatic heterocycles. The summed E-state index contributed by atoms with van der Waals surface area (Å²) in [5.74, 6) is -0.134. The summed E-state index contributed by atoms with van der Waals surface area (Å²) in [6.45, 7) is 1.49. The van der Waals surface area contributed by atoms with Gasteiger partial charge in [-0.1, -0.05) is 41.4 Å². The number of benzene rings is 2. The number of fused-ring (bicyclic) bond motifs is 3. The predicted octanol–water partition coefficient (Wildman–Crippen LogP) is 5.22. The molecule has 0 spiro atoms. The zero-order valence-corrected chi connectivity index (χ0v) is 14.1. The molecule has 0 aliphatic carbocycles. The first-order chi connectivity index (χ1) is 11.6. The van der Waals surface area contributed by atoms with Crippen molar-refractivity contribution in [3.63, 3.8) is 0 Å². The van der Waals surface area contributed by atoms with E-state index in [-0.39, 0.29) is 5.91 Å². The maximum Gasteiger partial charge on any atom is 0.229 e. The van der Waals surface area contributed by atoms with Gasteiger partial charge in [0.25, 0.3) is 0 Å². The first-order valence-corrected chi connectivity index (χ1v) is 8.05. The van der Waals surface area contributed by atoms with Crippen LogP contribution in [-0.4, -0.2) is 20.7 Å². The molecule has 0 aliphatic rings. The third-order valence-corrected chi connectivity index (χ3v) is 4.51.